The maximum atomic E-state index is 5.24. The standard InChI is InChI=1S/C48H30N4.C44H28N4/c1-3-11-32(12-4-1)45-30-46(33-13-5-2-6-14-33)52-48(51-45)42-27-25-35-20-23-38(29-44(35)50-42)37-22-19-34-24-26-41(49-43(34)28-37)40-17-9-15-36-21-18-31-10-7-8-16-39(31)47(36)40;1-3-10-30(11-4-1)42-28-43(31-12-5-2-6-13-31)48-44(47-42)39-24-22-33-17-19-36(27-41(33)46-39)35-18-16-32-21-23-38(45-40(32)26-35)37-20-15-29-9-7-8-14-34(29)25-37/h1-30H;1-28H. The highest BCUT2D eigenvalue weighted by Crippen LogP contribution is 2.38. The van der Waals surface area contributed by atoms with Crippen molar-refractivity contribution in [1.82, 2.24) is 39.9 Å². The van der Waals surface area contributed by atoms with Gasteiger partial charge in [0.2, 0.25) is 0 Å². The normalized spacial score (nSPS) is 11.4. The second-order valence-electron chi connectivity index (χ2n) is 25.1. The van der Waals surface area contributed by atoms with E-state index in [4.69, 9.17) is 39.9 Å². The number of pyridine rings is 4. The topological polar surface area (TPSA) is 103 Å². The lowest BCUT2D eigenvalue weighted by molar-refractivity contribution is 1.16. The molecule has 0 aliphatic carbocycles. The van der Waals surface area contributed by atoms with E-state index in [0.29, 0.717) is 11.6 Å². The molecule has 8 nitrogen and oxygen atoms in total. The molecule has 6 heterocycles. The Morgan fingerprint density at radius 1 is 0.150 bits per heavy atom. The average Bonchev–Trinajstić information content (AvgIpc) is 0.763. The third kappa shape index (κ3) is 11.7. The van der Waals surface area contributed by atoms with Gasteiger partial charge in [-0.15, -0.1) is 0 Å². The van der Waals surface area contributed by atoms with Crippen LogP contribution in [0.1, 0.15) is 0 Å². The molecule has 19 aromatic rings. The van der Waals surface area contributed by atoms with Crippen molar-refractivity contribution >= 4 is 75.9 Å². The van der Waals surface area contributed by atoms with Gasteiger partial charge < -0.3 is 0 Å². The van der Waals surface area contributed by atoms with Gasteiger partial charge in [-0.2, -0.15) is 0 Å². The van der Waals surface area contributed by atoms with E-state index >= 15 is 0 Å². The molecule has 0 radical (unpaired) electrons. The summed E-state index contributed by atoms with van der Waals surface area (Å²) in [4.78, 5) is 40.6. The summed E-state index contributed by atoms with van der Waals surface area (Å²) >= 11 is 0. The van der Waals surface area contributed by atoms with Crippen molar-refractivity contribution in [2.24, 2.45) is 0 Å². The Bertz CT molecular complexity index is 6230. The smallest absolute Gasteiger partial charge is 0.179 e. The fourth-order valence-electron chi connectivity index (χ4n) is 13.5. The SMILES string of the molecule is c1ccc(-c2cc(-c3ccccc3)nc(-c3ccc4ccc(-c5ccc6ccc(-c7ccc8ccccc8c7)nc6c5)cc4n3)n2)cc1.c1ccc(-c2cc(-c3ccccc3)nc(-c3ccc4ccc(-c5ccc6ccc(-c7cccc8ccc9ccccc9c78)nc6c5)cc4n3)n2)cc1. The number of aromatic nitrogens is 8. The number of nitrogens with zero attached hydrogens (tertiary/aromatic N) is 8. The van der Waals surface area contributed by atoms with Gasteiger partial charge in [0.15, 0.2) is 11.6 Å². The number of hydrogen-bond donors (Lipinski definition) is 0. The van der Waals surface area contributed by atoms with Gasteiger partial charge in [-0.25, -0.2) is 39.9 Å². The molecule has 0 fully saturated rings. The van der Waals surface area contributed by atoms with Gasteiger partial charge in [0, 0.05) is 54.9 Å². The molecule has 0 bridgehead atoms. The first kappa shape index (κ1) is 59.0. The second kappa shape index (κ2) is 25.5. The Hall–Kier alpha value is -13.6. The molecule has 0 aliphatic heterocycles. The summed E-state index contributed by atoms with van der Waals surface area (Å²) in [6.07, 6.45) is 0. The average molecular weight is 1280 g/mol. The van der Waals surface area contributed by atoms with Crippen molar-refractivity contribution in [3.63, 3.8) is 0 Å². The van der Waals surface area contributed by atoms with Gasteiger partial charge in [0.25, 0.3) is 0 Å². The molecule has 0 atom stereocenters. The quantitative estimate of drug-likeness (QED) is 0.125. The molecule has 100 heavy (non-hydrogen) atoms. The van der Waals surface area contributed by atoms with E-state index in [1.807, 2.05) is 91.0 Å². The van der Waals surface area contributed by atoms with Crippen LogP contribution in [-0.2, 0) is 0 Å². The first-order valence-electron chi connectivity index (χ1n) is 33.5. The predicted molar refractivity (Wildman–Crippen MR) is 412 cm³/mol. The van der Waals surface area contributed by atoms with E-state index in [2.05, 4.69) is 261 Å². The number of benzene rings is 13. The molecule has 0 aliphatic rings. The molecule has 0 saturated carbocycles. The largest absolute Gasteiger partial charge is 0.248 e. The summed E-state index contributed by atoms with van der Waals surface area (Å²) in [5, 5.41) is 11.7. The van der Waals surface area contributed by atoms with Crippen LogP contribution < -0.4 is 0 Å². The number of rotatable bonds is 10. The molecule has 8 heteroatoms. The van der Waals surface area contributed by atoms with Crippen LogP contribution >= 0.6 is 0 Å². The van der Waals surface area contributed by atoms with Crippen molar-refractivity contribution in [3.05, 3.63) is 352 Å². The lowest BCUT2D eigenvalue weighted by atomic mass is 9.95. The van der Waals surface area contributed by atoms with Gasteiger partial charge in [-0.1, -0.05) is 285 Å². The van der Waals surface area contributed by atoms with E-state index in [1.165, 1.54) is 32.3 Å². The van der Waals surface area contributed by atoms with Gasteiger partial charge in [0.1, 0.15) is 11.4 Å². The van der Waals surface area contributed by atoms with Gasteiger partial charge >= 0.3 is 0 Å². The highest BCUT2D eigenvalue weighted by atomic mass is 14.9. The number of hydrogen-bond acceptors (Lipinski definition) is 8. The highest BCUT2D eigenvalue weighted by Gasteiger charge is 2.17. The summed E-state index contributed by atoms with van der Waals surface area (Å²) in [5.74, 6) is 1.19. The van der Waals surface area contributed by atoms with Crippen LogP contribution in [0.5, 0.6) is 0 Å². The fraction of sp³-hybridized carbons (Fsp3) is 0. The van der Waals surface area contributed by atoms with Crippen LogP contribution in [0.3, 0.4) is 0 Å². The minimum Gasteiger partial charge on any atom is -0.248 e. The maximum absolute atomic E-state index is 5.24. The zero-order valence-corrected chi connectivity index (χ0v) is 54.1. The molecular weight excluding hydrogens is 1220 g/mol. The summed E-state index contributed by atoms with van der Waals surface area (Å²) in [7, 11) is 0. The van der Waals surface area contributed by atoms with Crippen LogP contribution in [0, 0.1) is 0 Å². The zero-order valence-electron chi connectivity index (χ0n) is 54.1. The molecule has 6 aromatic heterocycles. The molecule has 13 aromatic carbocycles. The second-order valence-corrected chi connectivity index (χ2v) is 25.1. The van der Waals surface area contributed by atoms with Gasteiger partial charge in [0.05, 0.1) is 56.2 Å². The highest BCUT2D eigenvalue weighted by molar-refractivity contribution is 6.14. The summed E-state index contributed by atoms with van der Waals surface area (Å²) < 4.78 is 0. The number of fused-ring (bicyclic) bond motifs is 8. The molecule has 0 spiro atoms. The van der Waals surface area contributed by atoms with Crippen molar-refractivity contribution in [2.45, 2.75) is 0 Å². The van der Waals surface area contributed by atoms with Crippen molar-refractivity contribution in [1.29, 1.82) is 0 Å². The third-order valence-corrected chi connectivity index (χ3v) is 18.7. The Morgan fingerprint density at radius 2 is 0.470 bits per heavy atom. The Morgan fingerprint density at radius 3 is 0.930 bits per heavy atom. The van der Waals surface area contributed by atoms with E-state index < -0.39 is 0 Å². The Kier molecular flexibility index (Phi) is 15.1. The van der Waals surface area contributed by atoms with Crippen LogP contribution in [0.15, 0.2) is 352 Å². The molecule has 466 valence electrons. The van der Waals surface area contributed by atoms with Crippen LogP contribution in [0.25, 0.3) is 189 Å². The van der Waals surface area contributed by atoms with Crippen molar-refractivity contribution < 1.29 is 0 Å². The van der Waals surface area contributed by atoms with Crippen LogP contribution in [0.4, 0.5) is 0 Å². The van der Waals surface area contributed by atoms with E-state index in [-0.39, 0.29) is 0 Å². The van der Waals surface area contributed by atoms with Crippen LogP contribution in [0.2, 0.25) is 0 Å². The summed E-state index contributed by atoms with van der Waals surface area (Å²) in [5.41, 5.74) is 21.2. The maximum Gasteiger partial charge on any atom is 0.179 e. The van der Waals surface area contributed by atoms with Crippen molar-refractivity contribution in [3.8, 4) is 113 Å². The monoisotopic (exact) mass is 1270 g/mol. The minimum absolute atomic E-state index is 0.594. The van der Waals surface area contributed by atoms with Gasteiger partial charge in [-0.05, 0) is 121 Å². The molecule has 0 amide bonds. The molecule has 19 rings (SSSR count). The fourth-order valence-corrected chi connectivity index (χ4v) is 13.5. The van der Waals surface area contributed by atoms with E-state index in [9.17, 15) is 0 Å². The lowest BCUT2D eigenvalue weighted by Crippen LogP contribution is -1.97. The summed E-state index contributed by atoms with van der Waals surface area (Å²) in [6, 6.07) is 122. The Labute approximate surface area is 577 Å². The van der Waals surface area contributed by atoms with E-state index in [1.54, 1.807) is 0 Å². The summed E-state index contributed by atoms with van der Waals surface area (Å²) in [6.45, 7) is 0. The van der Waals surface area contributed by atoms with Crippen molar-refractivity contribution in [2.75, 3.05) is 0 Å². The molecule has 0 N–H and O–H groups in total. The third-order valence-electron chi connectivity index (χ3n) is 18.7. The molecular formula is C92H58N8. The predicted octanol–water partition coefficient (Wildman–Crippen LogP) is 23.3. The lowest BCUT2D eigenvalue weighted by Gasteiger charge is -2.11. The van der Waals surface area contributed by atoms with Gasteiger partial charge in [-0.3, -0.25) is 0 Å². The first-order valence-corrected chi connectivity index (χ1v) is 33.5. The minimum atomic E-state index is 0.594. The Balaban J connectivity index is 0.000000145. The molecule has 0 unspecified atom stereocenters. The zero-order chi connectivity index (χ0) is 66.3. The van der Waals surface area contributed by atoms with E-state index in [0.717, 1.165) is 145 Å². The molecule has 0 saturated heterocycles. The van der Waals surface area contributed by atoms with Crippen LogP contribution in [-0.4, -0.2) is 39.9 Å². The first-order chi connectivity index (χ1) is 49.5.